The predicted molar refractivity (Wildman–Crippen MR) is 165 cm³/mol. The largest absolute Gasteiger partial charge is 0.256 e. The number of hydrogen-bond donors (Lipinski definition) is 0. The first-order valence-corrected chi connectivity index (χ1v) is 13.0. The second kappa shape index (κ2) is 10.7. The zero-order chi connectivity index (χ0) is 26.6. The lowest BCUT2D eigenvalue weighted by Gasteiger charge is -2.16. The smallest absolute Gasteiger partial charge is 0.115 e. The van der Waals surface area contributed by atoms with Gasteiger partial charge in [-0.3, -0.25) is 4.98 Å². The van der Waals surface area contributed by atoms with Crippen LogP contribution in [0.15, 0.2) is 141 Å². The lowest BCUT2D eigenvalue weighted by Crippen LogP contribution is -1.90. The molecule has 2 aromatic heterocycles. The van der Waals surface area contributed by atoms with Crippen LogP contribution in [0.5, 0.6) is 0 Å². The summed E-state index contributed by atoms with van der Waals surface area (Å²) >= 11 is 0. The average Bonchev–Trinajstić information content (AvgIpc) is 3.01. The fourth-order valence-electron chi connectivity index (χ4n) is 5.22. The molecule has 186 valence electrons. The summed E-state index contributed by atoms with van der Waals surface area (Å²) in [5.41, 5.74) is 6.74. The SMILES string of the molecule is C=C/C=C\C.c1ccc(-c2ccc3ccc4c(-c5ccc(-c6cncnc6)cc5)ccc5ccc2c3c54)nc1. The van der Waals surface area contributed by atoms with E-state index in [-0.39, 0.29) is 0 Å². The van der Waals surface area contributed by atoms with Gasteiger partial charge in [-0.1, -0.05) is 104 Å². The highest BCUT2D eigenvalue weighted by molar-refractivity contribution is 6.27. The van der Waals surface area contributed by atoms with Crippen molar-refractivity contribution in [2.45, 2.75) is 6.92 Å². The van der Waals surface area contributed by atoms with Gasteiger partial charge in [0, 0.05) is 29.7 Å². The molecule has 0 bridgehead atoms. The molecule has 39 heavy (non-hydrogen) atoms. The van der Waals surface area contributed by atoms with Crippen molar-refractivity contribution in [1.29, 1.82) is 0 Å². The molecule has 0 saturated heterocycles. The summed E-state index contributed by atoms with van der Waals surface area (Å²) in [6, 6.07) is 32.6. The number of allylic oxidation sites excluding steroid dienone is 3. The summed E-state index contributed by atoms with van der Waals surface area (Å²) in [7, 11) is 0. The molecule has 0 unspecified atom stereocenters. The molecule has 7 aromatic rings. The molecule has 0 aliphatic rings. The molecule has 2 heterocycles. The van der Waals surface area contributed by atoms with Gasteiger partial charge in [0.15, 0.2) is 0 Å². The second-order valence-electron chi connectivity index (χ2n) is 9.33. The molecular formula is C36H27N3. The van der Waals surface area contributed by atoms with Crippen LogP contribution in [0.3, 0.4) is 0 Å². The van der Waals surface area contributed by atoms with Crippen molar-refractivity contribution in [2.24, 2.45) is 0 Å². The van der Waals surface area contributed by atoms with Crippen LogP contribution >= 0.6 is 0 Å². The Balaban J connectivity index is 0.000000510. The lowest BCUT2D eigenvalue weighted by molar-refractivity contribution is 1.17. The molecule has 0 amide bonds. The Hall–Kier alpha value is -5.15. The first kappa shape index (κ1) is 24.2. The van der Waals surface area contributed by atoms with Crippen LogP contribution in [-0.2, 0) is 0 Å². The standard InChI is InChI=1S/C31H19N3.C5H8/c1-2-16-34-29(3-1)26-13-9-23-10-14-27-25(12-8-22-11-15-28(26)31(23)30(22)27)21-6-4-20(5-7-21)24-17-32-19-33-18-24;1-3-5-4-2/h1-19H;3-5H,1H2,2H3/b;5-4-. The molecule has 7 rings (SSSR count). The zero-order valence-corrected chi connectivity index (χ0v) is 21.8. The van der Waals surface area contributed by atoms with Gasteiger partial charge in [0.25, 0.3) is 0 Å². The van der Waals surface area contributed by atoms with Gasteiger partial charge in [0.2, 0.25) is 0 Å². The van der Waals surface area contributed by atoms with Gasteiger partial charge in [-0.2, -0.15) is 0 Å². The van der Waals surface area contributed by atoms with E-state index in [1.54, 1.807) is 12.4 Å². The van der Waals surface area contributed by atoms with Crippen molar-refractivity contribution < 1.29 is 0 Å². The monoisotopic (exact) mass is 501 g/mol. The fraction of sp³-hybridized carbons (Fsp3) is 0.0278. The topological polar surface area (TPSA) is 38.7 Å². The Morgan fingerprint density at radius 3 is 1.82 bits per heavy atom. The van der Waals surface area contributed by atoms with Gasteiger partial charge in [-0.25, -0.2) is 9.97 Å². The highest BCUT2D eigenvalue weighted by atomic mass is 14.8. The van der Waals surface area contributed by atoms with E-state index >= 15 is 0 Å². The third kappa shape index (κ3) is 4.55. The van der Waals surface area contributed by atoms with E-state index in [0.29, 0.717) is 0 Å². The number of rotatable bonds is 4. The fourth-order valence-corrected chi connectivity index (χ4v) is 5.22. The normalized spacial score (nSPS) is 11.2. The summed E-state index contributed by atoms with van der Waals surface area (Å²) in [5, 5.41) is 7.64. The summed E-state index contributed by atoms with van der Waals surface area (Å²) in [5.74, 6) is 0. The Morgan fingerprint density at radius 1 is 0.615 bits per heavy atom. The van der Waals surface area contributed by atoms with Crippen LogP contribution in [0.2, 0.25) is 0 Å². The molecule has 3 heteroatoms. The molecular weight excluding hydrogens is 474 g/mol. The van der Waals surface area contributed by atoms with Crippen molar-refractivity contribution in [3.63, 3.8) is 0 Å². The molecule has 0 fully saturated rings. The van der Waals surface area contributed by atoms with Crippen LogP contribution in [0.1, 0.15) is 6.92 Å². The number of aromatic nitrogens is 3. The molecule has 5 aromatic carbocycles. The van der Waals surface area contributed by atoms with E-state index in [1.807, 2.05) is 49.8 Å². The maximum atomic E-state index is 4.62. The Bertz CT molecular complexity index is 1910. The minimum atomic E-state index is 1.00. The minimum Gasteiger partial charge on any atom is -0.256 e. The van der Waals surface area contributed by atoms with Crippen LogP contribution in [0.25, 0.3) is 65.8 Å². The van der Waals surface area contributed by atoms with E-state index in [1.165, 1.54) is 49.0 Å². The van der Waals surface area contributed by atoms with Crippen molar-refractivity contribution in [3.8, 4) is 33.5 Å². The van der Waals surface area contributed by atoms with E-state index in [0.717, 1.165) is 16.8 Å². The van der Waals surface area contributed by atoms with E-state index < -0.39 is 0 Å². The van der Waals surface area contributed by atoms with Crippen LogP contribution in [0, 0.1) is 0 Å². The van der Waals surface area contributed by atoms with Crippen LogP contribution in [0.4, 0.5) is 0 Å². The Morgan fingerprint density at radius 2 is 1.23 bits per heavy atom. The predicted octanol–water partition coefficient (Wildman–Crippen LogP) is 9.52. The summed E-state index contributed by atoms with van der Waals surface area (Å²) in [6.45, 7) is 5.42. The first-order valence-electron chi connectivity index (χ1n) is 13.0. The molecule has 0 saturated carbocycles. The molecule has 0 radical (unpaired) electrons. The van der Waals surface area contributed by atoms with Gasteiger partial charge in [-0.05, 0) is 68.1 Å². The number of hydrogen-bond acceptors (Lipinski definition) is 3. The van der Waals surface area contributed by atoms with Crippen LogP contribution in [-0.4, -0.2) is 15.0 Å². The second-order valence-corrected chi connectivity index (χ2v) is 9.33. The molecule has 3 nitrogen and oxygen atoms in total. The minimum absolute atomic E-state index is 1.00. The number of pyridine rings is 1. The van der Waals surface area contributed by atoms with Crippen LogP contribution < -0.4 is 0 Å². The molecule has 0 atom stereocenters. The third-order valence-corrected chi connectivity index (χ3v) is 7.02. The third-order valence-electron chi connectivity index (χ3n) is 7.02. The van der Waals surface area contributed by atoms with E-state index in [9.17, 15) is 0 Å². The van der Waals surface area contributed by atoms with Crippen molar-refractivity contribution in [3.05, 3.63) is 141 Å². The van der Waals surface area contributed by atoms with Gasteiger partial charge in [0.1, 0.15) is 6.33 Å². The molecule has 0 aliphatic carbocycles. The highest BCUT2D eigenvalue weighted by Gasteiger charge is 2.15. The average molecular weight is 502 g/mol. The van der Waals surface area contributed by atoms with E-state index in [2.05, 4.69) is 100 Å². The quantitative estimate of drug-likeness (QED) is 0.178. The van der Waals surface area contributed by atoms with Crippen molar-refractivity contribution >= 4 is 32.3 Å². The Labute approximate surface area is 228 Å². The number of benzene rings is 5. The molecule has 0 N–H and O–H groups in total. The maximum Gasteiger partial charge on any atom is 0.115 e. The first-order chi connectivity index (χ1) is 19.3. The number of nitrogens with zero attached hydrogens (tertiary/aromatic N) is 3. The van der Waals surface area contributed by atoms with Gasteiger partial charge >= 0.3 is 0 Å². The van der Waals surface area contributed by atoms with Gasteiger partial charge in [-0.15, -0.1) is 0 Å². The summed E-state index contributed by atoms with van der Waals surface area (Å²) in [6.07, 6.45) is 12.7. The van der Waals surface area contributed by atoms with E-state index in [4.69, 9.17) is 0 Å². The molecule has 0 aliphatic heterocycles. The summed E-state index contributed by atoms with van der Waals surface area (Å²) < 4.78 is 0. The van der Waals surface area contributed by atoms with Gasteiger partial charge < -0.3 is 0 Å². The zero-order valence-electron chi connectivity index (χ0n) is 21.8. The Kier molecular flexibility index (Phi) is 6.63. The maximum absolute atomic E-state index is 4.62. The molecule has 0 spiro atoms. The lowest BCUT2D eigenvalue weighted by atomic mass is 9.88. The van der Waals surface area contributed by atoms with Crippen molar-refractivity contribution in [1.82, 2.24) is 15.0 Å². The van der Waals surface area contributed by atoms with Crippen molar-refractivity contribution in [2.75, 3.05) is 0 Å². The van der Waals surface area contributed by atoms with Gasteiger partial charge in [0.05, 0.1) is 5.69 Å². The summed E-state index contributed by atoms with van der Waals surface area (Å²) in [4.78, 5) is 12.9. The highest BCUT2D eigenvalue weighted by Crippen LogP contribution is 2.42.